The van der Waals surface area contributed by atoms with E-state index in [1.165, 1.54) is 24.5 Å². The molecule has 3 rings (SSSR count). The van der Waals surface area contributed by atoms with Gasteiger partial charge in [-0.1, -0.05) is 18.2 Å². The highest BCUT2D eigenvalue weighted by molar-refractivity contribution is 5.79. The summed E-state index contributed by atoms with van der Waals surface area (Å²) >= 11 is 0. The molecule has 1 aliphatic rings. The Bertz CT molecular complexity index is 821. The SMILES string of the molecule is CNc1ncnc(N2CCC(C(=O)NCc3ccccc3C(F)(F)F)CC2)n1. The van der Waals surface area contributed by atoms with E-state index in [-0.39, 0.29) is 23.9 Å². The Morgan fingerprint density at radius 3 is 2.61 bits per heavy atom. The van der Waals surface area contributed by atoms with E-state index in [4.69, 9.17) is 0 Å². The van der Waals surface area contributed by atoms with Crippen LogP contribution in [0.1, 0.15) is 24.0 Å². The van der Waals surface area contributed by atoms with Gasteiger partial charge in [-0.25, -0.2) is 9.97 Å². The van der Waals surface area contributed by atoms with Crippen LogP contribution in [0.25, 0.3) is 0 Å². The van der Waals surface area contributed by atoms with Gasteiger partial charge in [0, 0.05) is 32.6 Å². The second kappa shape index (κ2) is 8.41. The maximum Gasteiger partial charge on any atom is 0.416 e. The minimum absolute atomic E-state index is 0.0607. The summed E-state index contributed by atoms with van der Waals surface area (Å²) < 4.78 is 39.1. The van der Waals surface area contributed by atoms with Crippen molar-refractivity contribution in [1.82, 2.24) is 20.3 Å². The van der Waals surface area contributed by atoms with Gasteiger partial charge in [-0.15, -0.1) is 0 Å². The van der Waals surface area contributed by atoms with Crippen molar-refractivity contribution in [2.45, 2.75) is 25.6 Å². The molecule has 2 N–H and O–H groups in total. The van der Waals surface area contributed by atoms with Crippen molar-refractivity contribution >= 4 is 17.8 Å². The Morgan fingerprint density at radius 2 is 1.93 bits per heavy atom. The van der Waals surface area contributed by atoms with Crippen LogP contribution in [0.2, 0.25) is 0 Å². The number of hydrogen-bond donors (Lipinski definition) is 2. The first-order valence-corrected chi connectivity index (χ1v) is 8.93. The second-order valence-electron chi connectivity index (χ2n) is 6.49. The van der Waals surface area contributed by atoms with Gasteiger partial charge >= 0.3 is 6.18 Å². The fraction of sp³-hybridized carbons (Fsp3) is 0.444. The number of amides is 1. The van der Waals surface area contributed by atoms with Crippen LogP contribution in [0.5, 0.6) is 0 Å². The summed E-state index contributed by atoms with van der Waals surface area (Å²) in [7, 11) is 1.71. The fourth-order valence-corrected chi connectivity index (χ4v) is 3.18. The molecule has 1 fully saturated rings. The average molecular weight is 394 g/mol. The normalized spacial score (nSPS) is 15.4. The number of aromatic nitrogens is 3. The molecule has 150 valence electrons. The van der Waals surface area contributed by atoms with Gasteiger partial charge in [0.25, 0.3) is 0 Å². The van der Waals surface area contributed by atoms with Crippen molar-refractivity contribution in [2.75, 3.05) is 30.4 Å². The van der Waals surface area contributed by atoms with E-state index in [2.05, 4.69) is 25.6 Å². The fourth-order valence-electron chi connectivity index (χ4n) is 3.18. The Balaban J connectivity index is 1.55. The second-order valence-corrected chi connectivity index (χ2v) is 6.49. The highest BCUT2D eigenvalue weighted by Crippen LogP contribution is 2.31. The average Bonchev–Trinajstić information content (AvgIpc) is 2.71. The van der Waals surface area contributed by atoms with Crippen LogP contribution in [-0.2, 0) is 17.5 Å². The molecule has 0 radical (unpaired) electrons. The number of alkyl halides is 3. The zero-order valence-corrected chi connectivity index (χ0v) is 15.3. The lowest BCUT2D eigenvalue weighted by Crippen LogP contribution is -2.41. The smallest absolute Gasteiger partial charge is 0.357 e. The van der Waals surface area contributed by atoms with Crippen LogP contribution < -0.4 is 15.5 Å². The van der Waals surface area contributed by atoms with E-state index in [1.54, 1.807) is 7.05 Å². The maximum atomic E-state index is 13.0. The van der Waals surface area contributed by atoms with Gasteiger partial charge in [0.2, 0.25) is 17.8 Å². The first-order chi connectivity index (χ1) is 13.4. The summed E-state index contributed by atoms with van der Waals surface area (Å²) in [6.07, 6.45) is -1.87. The Hall–Kier alpha value is -2.91. The van der Waals surface area contributed by atoms with Crippen LogP contribution >= 0.6 is 0 Å². The number of nitrogens with one attached hydrogen (secondary N) is 2. The third kappa shape index (κ3) is 4.68. The molecule has 0 unspecified atom stereocenters. The van der Waals surface area contributed by atoms with Crippen molar-refractivity contribution in [3.63, 3.8) is 0 Å². The quantitative estimate of drug-likeness (QED) is 0.811. The molecular weight excluding hydrogens is 373 g/mol. The van der Waals surface area contributed by atoms with Crippen molar-refractivity contribution in [3.8, 4) is 0 Å². The van der Waals surface area contributed by atoms with Crippen molar-refractivity contribution in [3.05, 3.63) is 41.7 Å². The number of carbonyl (C=O) groups is 1. The zero-order valence-electron chi connectivity index (χ0n) is 15.3. The first-order valence-electron chi connectivity index (χ1n) is 8.93. The highest BCUT2D eigenvalue weighted by Gasteiger charge is 2.33. The lowest BCUT2D eigenvalue weighted by Gasteiger charge is -2.31. The molecule has 2 aromatic rings. The molecule has 1 amide bonds. The molecule has 0 bridgehead atoms. The molecule has 1 saturated heterocycles. The van der Waals surface area contributed by atoms with Crippen LogP contribution in [0.15, 0.2) is 30.6 Å². The number of carbonyl (C=O) groups excluding carboxylic acids is 1. The van der Waals surface area contributed by atoms with Gasteiger partial charge in [0.05, 0.1) is 5.56 Å². The van der Waals surface area contributed by atoms with Crippen molar-refractivity contribution < 1.29 is 18.0 Å². The van der Waals surface area contributed by atoms with E-state index < -0.39 is 11.7 Å². The molecular formula is C18H21F3N6O. The number of rotatable bonds is 5. The van der Waals surface area contributed by atoms with E-state index >= 15 is 0 Å². The summed E-state index contributed by atoms with van der Waals surface area (Å²) in [6, 6.07) is 5.27. The van der Waals surface area contributed by atoms with E-state index in [0.29, 0.717) is 37.8 Å². The van der Waals surface area contributed by atoms with Gasteiger partial charge in [-0.3, -0.25) is 4.79 Å². The minimum atomic E-state index is -4.44. The van der Waals surface area contributed by atoms with Crippen LogP contribution in [0.4, 0.5) is 25.1 Å². The predicted molar refractivity (Wildman–Crippen MR) is 97.6 cm³/mol. The predicted octanol–water partition coefficient (Wildman–Crippen LogP) is 2.46. The number of anilines is 2. The summed E-state index contributed by atoms with van der Waals surface area (Å²) in [5.74, 6) is 0.522. The van der Waals surface area contributed by atoms with Gasteiger partial charge in [0.15, 0.2) is 0 Å². The molecule has 1 aromatic carbocycles. The summed E-state index contributed by atoms with van der Waals surface area (Å²) in [4.78, 5) is 26.8. The third-order valence-electron chi connectivity index (χ3n) is 4.71. The standard InChI is InChI=1S/C18H21F3N6O/c1-22-16-24-11-25-17(26-16)27-8-6-12(7-9-27)15(28)23-10-13-4-2-3-5-14(13)18(19,20)21/h2-5,11-12H,6-10H2,1H3,(H,23,28)(H,22,24,25,26). The number of halogens is 3. The topological polar surface area (TPSA) is 83.0 Å². The Labute approximate surface area is 160 Å². The largest absolute Gasteiger partial charge is 0.416 e. The van der Waals surface area contributed by atoms with Gasteiger partial charge < -0.3 is 15.5 Å². The lowest BCUT2D eigenvalue weighted by molar-refractivity contribution is -0.138. The zero-order chi connectivity index (χ0) is 20.1. The Morgan fingerprint density at radius 1 is 1.21 bits per heavy atom. The van der Waals surface area contributed by atoms with E-state index in [9.17, 15) is 18.0 Å². The molecule has 0 atom stereocenters. The molecule has 1 aromatic heterocycles. The number of hydrogen-bond acceptors (Lipinski definition) is 6. The molecule has 2 heterocycles. The molecule has 0 saturated carbocycles. The highest BCUT2D eigenvalue weighted by atomic mass is 19.4. The maximum absolute atomic E-state index is 13.0. The summed E-state index contributed by atoms with van der Waals surface area (Å²) in [5.41, 5.74) is -0.661. The number of nitrogens with zero attached hydrogens (tertiary/aromatic N) is 4. The molecule has 1 aliphatic heterocycles. The first kappa shape index (κ1) is 19.8. The van der Waals surface area contributed by atoms with Crippen LogP contribution in [0.3, 0.4) is 0 Å². The van der Waals surface area contributed by atoms with E-state index in [0.717, 1.165) is 6.07 Å². The molecule has 0 spiro atoms. The molecule has 28 heavy (non-hydrogen) atoms. The lowest BCUT2D eigenvalue weighted by atomic mass is 9.96. The van der Waals surface area contributed by atoms with Crippen molar-refractivity contribution in [1.29, 1.82) is 0 Å². The van der Waals surface area contributed by atoms with Gasteiger partial charge in [-0.05, 0) is 24.5 Å². The van der Waals surface area contributed by atoms with E-state index in [1.807, 2.05) is 4.90 Å². The Kier molecular flexibility index (Phi) is 5.96. The molecule has 0 aliphatic carbocycles. The van der Waals surface area contributed by atoms with Crippen molar-refractivity contribution in [2.24, 2.45) is 5.92 Å². The monoisotopic (exact) mass is 394 g/mol. The molecule has 7 nitrogen and oxygen atoms in total. The number of piperidine rings is 1. The van der Waals surface area contributed by atoms with Crippen LogP contribution in [-0.4, -0.2) is 41.0 Å². The summed E-state index contributed by atoms with van der Waals surface area (Å²) in [5, 5.41) is 5.49. The summed E-state index contributed by atoms with van der Waals surface area (Å²) in [6.45, 7) is 1.03. The minimum Gasteiger partial charge on any atom is -0.357 e. The van der Waals surface area contributed by atoms with Gasteiger partial charge in [0.1, 0.15) is 6.33 Å². The van der Waals surface area contributed by atoms with Gasteiger partial charge in [-0.2, -0.15) is 18.2 Å². The molecule has 10 heteroatoms. The van der Waals surface area contributed by atoms with Crippen LogP contribution in [0, 0.1) is 5.92 Å². The number of benzene rings is 1. The third-order valence-corrected chi connectivity index (χ3v) is 4.71.